The number of rotatable bonds is 11. The Morgan fingerprint density at radius 3 is 1.50 bits per heavy atom. The minimum absolute atomic E-state index is 0.0472. The molecule has 0 aromatic carbocycles. The van der Waals surface area contributed by atoms with E-state index in [9.17, 15) is 14.4 Å². The first-order chi connectivity index (χ1) is 12.4. The van der Waals surface area contributed by atoms with Crippen LogP contribution in [0.25, 0.3) is 0 Å². The van der Waals surface area contributed by atoms with Crippen molar-refractivity contribution in [1.29, 1.82) is 0 Å². The highest BCUT2D eigenvalue weighted by Gasteiger charge is 1.99. The Bertz CT molecular complexity index is 322. The Morgan fingerprint density at radius 2 is 1.15 bits per heavy atom. The molecule has 0 rings (SSSR count). The third kappa shape index (κ3) is 33.9. The van der Waals surface area contributed by atoms with Crippen molar-refractivity contribution in [3.63, 3.8) is 0 Å². The fraction of sp³-hybridized carbons (Fsp3) is 0.842. The van der Waals surface area contributed by atoms with Crippen molar-refractivity contribution in [2.45, 2.75) is 79.6 Å². The van der Waals surface area contributed by atoms with Crippen LogP contribution in [-0.4, -0.2) is 49.4 Å². The first kappa shape index (κ1) is 29.1. The number of hydrogen-bond acceptors (Lipinski definition) is 7. The van der Waals surface area contributed by atoms with Gasteiger partial charge in [0, 0.05) is 13.3 Å². The number of hydrogen-bond donors (Lipinski definition) is 1. The maximum Gasteiger partial charge on any atom is 0.308 e. The van der Waals surface area contributed by atoms with Gasteiger partial charge in [0.25, 0.3) is 0 Å². The van der Waals surface area contributed by atoms with Gasteiger partial charge in [-0.05, 0) is 27.2 Å². The third-order valence-corrected chi connectivity index (χ3v) is 2.76. The summed E-state index contributed by atoms with van der Waals surface area (Å²) in [7, 11) is 0. The molecule has 7 nitrogen and oxygen atoms in total. The first-order valence-corrected chi connectivity index (χ1v) is 9.44. The van der Waals surface area contributed by atoms with Crippen LogP contribution in [0.15, 0.2) is 0 Å². The molecular formula is C19H38O7. The van der Waals surface area contributed by atoms with E-state index in [-0.39, 0.29) is 30.9 Å². The summed E-state index contributed by atoms with van der Waals surface area (Å²) >= 11 is 0. The zero-order valence-corrected chi connectivity index (χ0v) is 17.2. The molecule has 0 saturated heterocycles. The van der Waals surface area contributed by atoms with E-state index in [1.54, 1.807) is 13.8 Å². The molecule has 156 valence electrons. The minimum Gasteiger partial charge on any atom is -0.466 e. The predicted octanol–water partition coefficient (Wildman–Crippen LogP) is 3.41. The topological polar surface area (TPSA) is 99.1 Å². The minimum atomic E-state index is -0.338. The van der Waals surface area contributed by atoms with Gasteiger partial charge in [0.2, 0.25) is 0 Å². The molecule has 26 heavy (non-hydrogen) atoms. The third-order valence-electron chi connectivity index (χ3n) is 2.76. The van der Waals surface area contributed by atoms with Gasteiger partial charge in [0.1, 0.15) is 0 Å². The van der Waals surface area contributed by atoms with Gasteiger partial charge in [-0.2, -0.15) is 0 Å². The quantitative estimate of drug-likeness (QED) is 0.334. The number of esters is 3. The van der Waals surface area contributed by atoms with Crippen molar-refractivity contribution in [2.24, 2.45) is 0 Å². The van der Waals surface area contributed by atoms with Gasteiger partial charge in [-0.1, -0.05) is 32.6 Å². The summed E-state index contributed by atoms with van der Waals surface area (Å²) < 4.78 is 13.7. The van der Waals surface area contributed by atoms with Crippen molar-refractivity contribution in [1.82, 2.24) is 0 Å². The molecule has 0 aliphatic rings. The fourth-order valence-corrected chi connectivity index (χ4v) is 1.63. The SMILES string of the molecule is CCCCCCCC(=O)OCC.CCOC(=O)CCO.CCOC(C)=O. The summed E-state index contributed by atoms with van der Waals surface area (Å²) in [5, 5.41) is 8.16. The molecular weight excluding hydrogens is 340 g/mol. The van der Waals surface area contributed by atoms with Crippen LogP contribution in [0, 0.1) is 0 Å². The molecule has 0 aromatic rings. The van der Waals surface area contributed by atoms with Gasteiger partial charge >= 0.3 is 17.9 Å². The zero-order valence-electron chi connectivity index (χ0n) is 17.2. The van der Waals surface area contributed by atoms with Crippen molar-refractivity contribution in [3.05, 3.63) is 0 Å². The Balaban J connectivity index is -0.000000328. The lowest BCUT2D eigenvalue weighted by atomic mass is 10.1. The van der Waals surface area contributed by atoms with Crippen LogP contribution >= 0.6 is 0 Å². The smallest absolute Gasteiger partial charge is 0.308 e. The van der Waals surface area contributed by atoms with Crippen LogP contribution in [0.2, 0.25) is 0 Å². The van der Waals surface area contributed by atoms with E-state index in [1.807, 2.05) is 6.92 Å². The number of carbonyl (C=O) groups is 3. The average molecular weight is 379 g/mol. The molecule has 0 aromatic heterocycles. The lowest BCUT2D eigenvalue weighted by molar-refractivity contribution is -0.144. The largest absolute Gasteiger partial charge is 0.466 e. The Labute approximate surface area is 158 Å². The van der Waals surface area contributed by atoms with E-state index in [0.717, 1.165) is 12.8 Å². The van der Waals surface area contributed by atoms with Crippen molar-refractivity contribution in [3.8, 4) is 0 Å². The molecule has 0 radical (unpaired) electrons. The average Bonchev–Trinajstić information content (AvgIpc) is 2.56. The second-order valence-corrected chi connectivity index (χ2v) is 5.17. The van der Waals surface area contributed by atoms with Crippen molar-refractivity contribution >= 4 is 17.9 Å². The van der Waals surface area contributed by atoms with Crippen molar-refractivity contribution in [2.75, 3.05) is 26.4 Å². The van der Waals surface area contributed by atoms with Gasteiger partial charge < -0.3 is 19.3 Å². The number of ether oxygens (including phenoxy) is 3. The van der Waals surface area contributed by atoms with Crippen LogP contribution in [0.4, 0.5) is 0 Å². The molecule has 0 fully saturated rings. The Kier molecular flexibility index (Phi) is 28.7. The second kappa shape index (κ2) is 25.6. The lowest BCUT2D eigenvalue weighted by Crippen LogP contribution is -2.05. The molecule has 0 amide bonds. The molecule has 0 atom stereocenters. The highest BCUT2D eigenvalue weighted by atomic mass is 16.5. The summed E-state index contributed by atoms with van der Waals surface area (Å²) in [6.07, 6.45) is 6.62. The van der Waals surface area contributed by atoms with Gasteiger partial charge in [-0.3, -0.25) is 14.4 Å². The van der Waals surface area contributed by atoms with Crippen LogP contribution < -0.4 is 0 Å². The standard InChI is InChI=1S/C10H20O2.C5H10O3.C4H8O2/c1-3-5-6-7-8-9-10(11)12-4-2;1-2-8-5(7)3-4-6;1-3-6-4(2)5/h3-9H2,1-2H3;6H,2-4H2,1H3;3H2,1-2H3. The summed E-state index contributed by atoms with van der Waals surface area (Å²) in [4.78, 5) is 30.9. The number of aliphatic hydroxyl groups excluding tert-OH is 1. The maximum atomic E-state index is 10.9. The molecule has 0 saturated carbocycles. The van der Waals surface area contributed by atoms with Crippen LogP contribution in [-0.2, 0) is 28.6 Å². The van der Waals surface area contributed by atoms with E-state index in [1.165, 1.54) is 26.2 Å². The van der Waals surface area contributed by atoms with E-state index in [2.05, 4.69) is 16.4 Å². The molecule has 1 N–H and O–H groups in total. The maximum absolute atomic E-state index is 10.9. The zero-order chi connectivity index (χ0) is 20.6. The van der Waals surface area contributed by atoms with Crippen molar-refractivity contribution < 1.29 is 33.7 Å². The monoisotopic (exact) mass is 378 g/mol. The summed E-state index contributed by atoms with van der Waals surface area (Å²) in [5.74, 6) is -0.596. The van der Waals surface area contributed by atoms with E-state index in [0.29, 0.717) is 26.2 Å². The van der Waals surface area contributed by atoms with Crippen LogP contribution in [0.1, 0.15) is 79.6 Å². The summed E-state index contributed by atoms with van der Waals surface area (Å²) in [6.45, 7) is 10.2. The first-order valence-electron chi connectivity index (χ1n) is 9.44. The lowest BCUT2D eigenvalue weighted by Gasteiger charge is -2.00. The number of unbranched alkanes of at least 4 members (excludes halogenated alkanes) is 4. The van der Waals surface area contributed by atoms with Gasteiger partial charge in [-0.15, -0.1) is 0 Å². The Morgan fingerprint density at radius 1 is 0.692 bits per heavy atom. The fourth-order valence-electron chi connectivity index (χ4n) is 1.63. The number of aliphatic hydroxyl groups is 1. The van der Waals surface area contributed by atoms with E-state index < -0.39 is 0 Å². The van der Waals surface area contributed by atoms with Gasteiger partial charge in [0.15, 0.2) is 0 Å². The molecule has 7 heteroatoms. The highest BCUT2D eigenvalue weighted by Crippen LogP contribution is 2.05. The number of carbonyl (C=O) groups excluding carboxylic acids is 3. The molecule has 0 unspecified atom stereocenters. The van der Waals surface area contributed by atoms with Gasteiger partial charge in [0.05, 0.1) is 32.8 Å². The molecule has 0 spiro atoms. The molecule has 0 bridgehead atoms. The molecule has 0 aliphatic carbocycles. The Hall–Kier alpha value is -1.63. The normalized spacial score (nSPS) is 9.00. The second-order valence-electron chi connectivity index (χ2n) is 5.17. The van der Waals surface area contributed by atoms with Gasteiger partial charge in [-0.25, -0.2) is 0 Å². The molecule has 0 aliphatic heterocycles. The summed E-state index contributed by atoms with van der Waals surface area (Å²) in [5.41, 5.74) is 0. The molecule has 0 heterocycles. The van der Waals surface area contributed by atoms with E-state index >= 15 is 0 Å². The predicted molar refractivity (Wildman–Crippen MR) is 101 cm³/mol. The van der Waals surface area contributed by atoms with Crippen LogP contribution in [0.3, 0.4) is 0 Å². The highest BCUT2D eigenvalue weighted by molar-refractivity contribution is 5.69. The van der Waals surface area contributed by atoms with Crippen LogP contribution in [0.5, 0.6) is 0 Å². The summed E-state index contributed by atoms with van der Waals surface area (Å²) in [6, 6.07) is 0. The van der Waals surface area contributed by atoms with E-state index in [4.69, 9.17) is 9.84 Å².